The van der Waals surface area contributed by atoms with E-state index in [0.717, 1.165) is 29.7 Å². The van der Waals surface area contributed by atoms with Gasteiger partial charge in [-0.3, -0.25) is 14.9 Å². The Balaban J connectivity index is 2.49. The quantitative estimate of drug-likeness (QED) is 0.613. The van der Waals surface area contributed by atoms with Crippen molar-refractivity contribution < 1.29 is 9.72 Å². The van der Waals surface area contributed by atoms with Crippen LogP contribution in [0.15, 0.2) is 18.2 Å². The van der Waals surface area contributed by atoms with Crippen molar-refractivity contribution >= 4 is 11.6 Å². The Kier molecular flexibility index (Phi) is 3.79. The Hall–Kier alpha value is -1.91. The van der Waals surface area contributed by atoms with E-state index in [1.807, 2.05) is 25.1 Å². The first-order valence-corrected chi connectivity index (χ1v) is 6.95. The number of carbonyl (C=O) groups excluding carboxylic acids is 1. The molecule has 2 rings (SSSR count). The van der Waals surface area contributed by atoms with Gasteiger partial charge in [-0.2, -0.15) is 0 Å². The van der Waals surface area contributed by atoms with Gasteiger partial charge in [-0.1, -0.05) is 31.0 Å². The van der Waals surface area contributed by atoms with Gasteiger partial charge < -0.3 is 4.90 Å². The number of nitro groups is 1. The number of amides is 1. The van der Waals surface area contributed by atoms with Gasteiger partial charge in [0, 0.05) is 17.2 Å². The van der Waals surface area contributed by atoms with Crippen LogP contribution in [0.1, 0.15) is 37.8 Å². The largest absolute Gasteiger partial charge is 0.311 e. The fourth-order valence-corrected chi connectivity index (χ4v) is 2.80. The van der Waals surface area contributed by atoms with Crippen molar-refractivity contribution in [1.82, 2.24) is 0 Å². The normalized spacial score (nSPS) is 21.1. The van der Waals surface area contributed by atoms with Crippen LogP contribution in [0.25, 0.3) is 0 Å². The van der Waals surface area contributed by atoms with Crippen molar-refractivity contribution in [3.05, 3.63) is 39.4 Å². The van der Waals surface area contributed by atoms with Gasteiger partial charge in [0.1, 0.15) is 5.41 Å². The third-order valence-electron chi connectivity index (χ3n) is 3.94. The van der Waals surface area contributed by atoms with Gasteiger partial charge in [0.05, 0.1) is 0 Å². The second-order valence-corrected chi connectivity index (χ2v) is 5.65. The van der Waals surface area contributed by atoms with E-state index in [2.05, 4.69) is 6.92 Å². The Morgan fingerprint density at radius 1 is 1.40 bits per heavy atom. The highest BCUT2D eigenvalue weighted by molar-refractivity contribution is 6.08. The van der Waals surface area contributed by atoms with Gasteiger partial charge in [0.2, 0.25) is 12.5 Å². The summed E-state index contributed by atoms with van der Waals surface area (Å²) in [6.45, 7) is 5.95. The SMILES string of the molecule is CCCCN1C(=O)C(C)(C[N+](=O)[O-])c2cc(C)ccc21. The minimum atomic E-state index is -1.04. The van der Waals surface area contributed by atoms with Gasteiger partial charge in [-0.25, -0.2) is 0 Å². The molecule has 108 valence electrons. The second-order valence-electron chi connectivity index (χ2n) is 5.65. The second kappa shape index (κ2) is 5.23. The maximum atomic E-state index is 12.7. The number of nitrogens with zero attached hydrogens (tertiary/aromatic N) is 2. The van der Waals surface area contributed by atoms with E-state index in [-0.39, 0.29) is 12.5 Å². The molecule has 0 aromatic heterocycles. The molecule has 0 saturated carbocycles. The van der Waals surface area contributed by atoms with Gasteiger partial charge >= 0.3 is 0 Å². The molecular weight excluding hydrogens is 256 g/mol. The predicted molar refractivity (Wildman–Crippen MR) is 77.7 cm³/mol. The molecule has 5 nitrogen and oxygen atoms in total. The first-order chi connectivity index (χ1) is 9.40. The molecule has 1 atom stereocenters. The number of unbranched alkanes of at least 4 members (excludes halogenated alkanes) is 1. The molecular formula is C15H20N2O3. The van der Waals surface area contributed by atoms with Crippen molar-refractivity contribution in [2.75, 3.05) is 18.0 Å². The van der Waals surface area contributed by atoms with Crippen LogP contribution in [0, 0.1) is 17.0 Å². The van der Waals surface area contributed by atoms with Gasteiger partial charge in [0.25, 0.3) is 0 Å². The standard InChI is InChI=1S/C15H20N2O3/c1-4-5-8-16-13-7-6-11(2)9-12(13)15(3,14(16)18)10-17(19)20/h6-7,9H,4-5,8,10H2,1-3H3. The summed E-state index contributed by atoms with van der Waals surface area (Å²) >= 11 is 0. The zero-order valence-electron chi connectivity index (χ0n) is 12.2. The maximum Gasteiger partial charge on any atom is 0.244 e. The van der Waals surface area contributed by atoms with Crippen LogP contribution in [0.3, 0.4) is 0 Å². The van der Waals surface area contributed by atoms with Crippen LogP contribution in [0.5, 0.6) is 0 Å². The van der Waals surface area contributed by atoms with Crippen LogP contribution >= 0.6 is 0 Å². The molecule has 0 bridgehead atoms. The highest BCUT2D eigenvalue weighted by Gasteiger charge is 2.50. The van der Waals surface area contributed by atoms with E-state index in [1.54, 1.807) is 11.8 Å². The van der Waals surface area contributed by atoms with E-state index in [1.165, 1.54) is 0 Å². The molecule has 0 radical (unpaired) electrons. The Labute approximate surface area is 118 Å². The van der Waals surface area contributed by atoms with Crippen molar-refractivity contribution in [3.63, 3.8) is 0 Å². The van der Waals surface area contributed by atoms with Gasteiger partial charge in [-0.15, -0.1) is 0 Å². The summed E-state index contributed by atoms with van der Waals surface area (Å²) in [5.74, 6) is -0.150. The molecule has 1 unspecified atom stereocenters. The van der Waals surface area contributed by atoms with Crippen LogP contribution in [-0.2, 0) is 10.2 Å². The summed E-state index contributed by atoms with van der Waals surface area (Å²) in [6, 6.07) is 5.76. The molecule has 1 aromatic rings. The molecule has 0 fully saturated rings. The van der Waals surface area contributed by atoms with Crippen molar-refractivity contribution in [1.29, 1.82) is 0 Å². The van der Waals surface area contributed by atoms with Crippen molar-refractivity contribution in [3.8, 4) is 0 Å². The number of fused-ring (bicyclic) bond motifs is 1. The zero-order valence-corrected chi connectivity index (χ0v) is 12.2. The van der Waals surface area contributed by atoms with Crippen LogP contribution < -0.4 is 4.90 Å². The third kappa shape index (κ3) is 2.28. The summed E-state index contributed by atoms with van der Waals surface area (Å²) < 4.78 is 0. The van der Waals surface area contributed by atoms with E-state index in [0.29, 0.717) is 6.54 Å². The highest BCUT2D eigenvalue weighted by atomic mass is 16.6. The van der Waals surface area contributed by atoms with Crippen molar-refractivity contribution in [2.24, 2.45) is 0 Å². The fraction of sp³-hybridized carbons (Fsp3) is 0.533. The Morgan fingerprint density at radius 3 is 2.70 bits per heavy atom. The van der Waals surface area contributed by atoms with E-state index in [4.69, 9.17) is 0 Å². The van der Waals surface area contributed by atoms with Crippen LogP contribution in [0.4, 0.5) is 5.69 Å². The summed E-state index contributed by atoms with van der Waals surface area (Å²) in [5, 5.41) is 11.0. The number of hydrogen-bond donors (Lipinski definition) is 0. The summed E-state index contributed by atoms with van der Waals surface area (Å²) in [4.78, 5) is 24.9. The minimum absolute atomic E-state index is 0.150. The number of aryl methyl sites for hydroxylation is 1. The van der Waals surface area contributed by atoms with Gasteiger partial charge in [-0.05, 0) is 31.9 Å². The van der Waals surface area contributed by atoms with Crippen LogP contribution in [-0.4, -0.2) is 23.9 Å². The van der Waals surface area contributed by atoms with Crippen LogP contribution in [0.2, 0.25) is 0 Å². The highest BCUT2D eigenvalue weighted by Crippen LogP contribution is 2.42. The fourth-order valence-electron chi connectivity index (χ4n) is 2.80. The number of anilines is 1. The summed E-state index contributed by atoms with van der Waals surface area (Å²) in [7, 11) is 0. The lowest BCUT2D eigenvalue weighted by atomic mass is 9.83. The van der Waals surface area contributed by atoms with Crippen molar-refractivity contribution in [2.45, 2.75) is 39.0 Å². The predicted octanol–water partition coefficient (Wildman–Crippen LogP) is 2.68. The lowest BCUT2D eigenvalue weighted by Gasteiger charge is -2.20. The molecule has 0 aliphatic carbocycles. The first-order valence-electron chi connectivity index (χ1n) is 6.95. The lowest BCUT2D eigenvalue weighted by Crippen LogP contribution is -2.43. The molecule has 20 heavy (non-hydrogen) atoms. The van der Waals surface area contributed by atoms with Gasteiger partial charge in [0.15, 0.2) is 0 Å². The Morgan fingerprint density at radius 2 is 2.10 bits per heavy atom. The number of hydrogen-bond acceptors (Lipinski definition) is 3. The van der Waals surface area contributed by atoms with E-state index in [9.17, 15) is 14.9 Å². The molecule has 1 heterocycles. The molecule has 0 spiro atoms. The molecule has 5 heteroatoms. The average molecular weight is 276 g/mol. The monoisotopic (exact) mass is 276 g/mol. The number of benzene rings is 1. The smallest absolute Gasteiger partial charge is 0.244 e. The molecule has 1 aromatic carbocycles. The van der Waals surface area contributed by atoms with E-state index < -0.39 is 10.3 Å². The maximum absolute atomic E-state index is 12.7. The molecule has 0 N–H and O–H groups in total. The third-order valence-corrected chi connectivity index (χ3v) is 3.94. The number of rotatable bonds is 5. The molecule has 1 aliphatic rings. The number of carbonyl (C=O) groups is 1. The lowest BCUT2D eigenvalue weighted by molar-refractivity contribution is -0.487. The summed E-state index contributed by atoms with van der Waals surface area (Å²) in [6.07, 6.45) is 1.88. The molecule has 0 saturated heterocycles. The van der Waals surface area contributed by atoms with E-state index >= 15 is 0 Å². The molecule has 1 amide bonds. The average Bonchev–Trinajstić information content (AvgIpc) is 2.57. The minimum Gasteiger partial charge on any atom is -0.311 e. The summed E-state index contributed by atoms with van der Waals surface area (Å²) in [5.41, 5.74) is 1.59. The Bertz CT molecular complexity index is 556. The first kappa shape index (κ1) is 14.5. The molecule has 1 aliphatic heterocycles. The topological polar surface area (TPSA) is 63.5 Å². The zero-order chi connectivity index (χ0) is 14.9.